The highest BCUT2D eigenvalue weighted by Gasteiger charge is 2.34. The summed E-state index contributed by atoms with van der Waals surface area (Å²) in [4.78, 5) is 4.87. The average Bonchev–Trinajstić information content (AvgIpc) is 3.03. The zero-order chi connectivity index (χ0) is 15.2. The van der Waals surface area contributed by atoms with Crippen molar-refractivity contribution in [2.45, 2.75) is 65.0 Å². The molecule has 1 aliphatic carbocycles. The first-order valence-electron chi connectivity index (χ1n) is 7.83. The van der Waals surface area contributed by atoms with E-state index in [2.05, 4.69) is 37.4 Å². The van der Waals surface area contributed by atoms with Crippen molar-refractivity contribution in [1.82, 2.24) is 19.3 Å². The molecule has 0 unspecified atom stereocenters. The third kappa shape index (κ3) is 2.57. The van der Waals surface area contributed by atoms with E-state index in [0.717, 1.165) is 35.9 Å². The predicted octanol–water partition coefficient (Wildman–Crippen LogP) is 3.37. The minimum Gasteiger partial charge on any atom is -0.383 e. The van der Waals surface area contributed by atoms with Crippen LogP contribution in [0.5, 0.6) is 0 Å². The standard InChI is InChI=1S/C16H25N5/c1-5-8-20-10-12(9-18-20)13-14(17)21(16(2,3)4)15(19-13)11-6-7-11/h9-11H,5-8,17H2,1-4H3. The van der Waals surface area contributed by atoms with Crippen molar-refractivity contribution in [1.29, 1.82) is 0 Å². The van der Waals surface area contributed by atoms with Crippen LogP contribution < -0.4 is 5.73 Å². The van der Waals surface area contributed by atoms with E-state index in [0.29, 0.717) is 5.92 Å². The summed E-state index contributed by atoms with van der Waals surface area (Å²) in [5.41, 5.74) is 8.29. The Balaban J connectivity index is 2.06. The molecule has 2 N–H and O–H groups in total. The van der Waals surface area contributed by atoms with Gasteiger partial charge in [-0.2, -0.15) is 5.10 Å². The molecule has 0 saturated heterocycles. The van der Waals surface area contributed by atoms with Crippen molar-refractivity contribution in [3.05, 3.63) is 18.2 Å². The number of nitrogens with two attached hydrogens (primary N) is 1. The summed E-state index contributed by atoms with van der Waals surface area (Å²) in [6.07, 6.45) is 7.44. The molecule has 0 spiro atoms. The van der Waals surface area contributed by atoms with E-state index in [1.165, 1.54) is 12.8 Å². The molecule has 1 fully saturated rings. The van der Waals surface area contributed by atoms with Crippen LogP contribution in [0.1, 0.15) is 58.7 Å². The Morgan fingerprint density at radius 1 is 1.33 bits per heavy atom. The number of hydrogen-bond acceptors (Lipinski definition) is 3. The molecule has 0 atom stereocenters. The van der Waals surface area contributed by atoms with E-state index in [4.69, 9.17) is 10.7 Å². The number of aromatic nitrogens is 4. The summed E-state index contributed by atoms with van der Waals surface area (Å²) < 4.78 is 4.17. The molecule has 1 saturated carbocycles. The van der Waals surface area contributed by atoms with Gasteiger partial charge in [-0.25, -0.2) is 4.98 Å². The summed E-state index contributed by atoms with van der Waals surface area (Å²) in [7, 11) is 0. The number of imidazole rings is 1. The molecular weight excluding hydrogens is 262 g/mol. The molecule has 0 amide bonds. The SMILES string of the molecule is CCCn1cc(-c2nc(C3CC3)n(C(C)(C)C)c2N)cn1. The molecule has 0 radical (unpaired) electrons. The first-order valence-corrected chi connectivity index (χ1v) is 7.83. The molecule has 1 aliphatic rings. The monoisotopic (exact) mass is 287 g/mol. The number of aryl methyl sites for hydroxylation is 1. The number of hydrogen-bond donors (Lipinski definition) is 1. The maximum absolute atomic E-state index is 6.43. The third-order valence-corrected chi connectivity index (χ3v) is 3.91. The summed E-state index contributed by atoms with van der Waals surface area (Å²) >= 11 is 0. The second-order valence-corrected chi connectivity index (χ2v) is 6.98. The summed E-state index contributed by atoms with van der Waals surface area (Å²) in [6.45, 7) is 9.62. The van der Waals surface area contributed by atoms with Gasteiger partial charge in [-0.05, 0) is 40.0 Å². The highest BCUT2D eigenvalue weighted by molar-refractivity contribution is 5.70. The van der Waals surface area contributed by atoms with Gasteiger partial charge in [0.05, 0.1) is 6.20 Å². The molecule has 3 rings (SSSR count). The van der Waals surface area contributed by atoms with E-state index in [9.17, 15) is 0 Å². The van der Waals surface area contributed by atoms with Gasteiger partial charge in [0.2, 0.25) is 0 Å². The Hall–Kier alpha value is -1.78. The van der Waals surface area contributed by atoms with E-state index in [1.54, 1.807) is 0 Å². The van der Waals surface area contributed by atoms with Gasteiger partial charge in [0.15, 0.2) is 0 Å². The smallest absolute Gasteiger partial charge is 0.132 e. The van der Waals surface area contributed by atoms with Crippen LogP contribution in [0.25, 0.3) is 11.3 Å². The fourth-order valence-electron chi connectivity index (χ4n) is 2.82. The molecule has 0 aliphatic heterocycles. The van der Waals surface area contributed by atoms with Crippen LogP contribution in [0.15, 0.2) is 12.4 Å². The van der Waals surface area contributed by atoms with E-state index in [-0.39, 0.29) is 5.54 Å². The fourth-order valence-corrected chi connectivity index (χ4v) is 2.82. The number of nitrogen functional groups attached to an aromatic ring is 1. The van der Waals surface area contributed by atoms with Crippen LogP contribution in [0.4, 0.5) is 5.82 Å². The molecule has 2 heterocycles. The van der Waals surface area contributed by atoms with Gasteiger partial charge in [0.25, 0.3) is 0 Å². The molecule has 5 nitrogen and oxygen atoms in total. The second kappa shape index (κ2) is 4.90. The molecule has 114 valence electrons. The fraction of sp³-hybridized carbons (Fsp3) is 0.625. The molecule has 0 aromatic carbocycles. The molecular formula is C16H25N5. The summed E-state index contributed by atoms with van der Waals surface area (Å²) in [6, 6.07) is 0. The van der Waals surface area contributed by atoms with E-state index in [1.807, 2.05) is 17.1 Å². The topological polar surface area (TPSA) is 61.7 Å². The van der Waals surface area contributed by atoms with Crippen molar-refractivity contribution in [2.24, 2.45) is 0 Å². The van der Waals surface area contributed by atoms with Gasteiger partial charge in [-0.1, -0.05) is 6.92 Å². The second-order valence-electron chi connectivity index (χ2n) is 6.98. The van der Waals surface area contributed by atoms with Crippen molar-refractivity contribution in [2.75, 3.05) is 5.73 Å². The van der Waals surface area contributed by atoms with Crippen molar-refractivity contribution < 1.29 is 0 Å². The Labute approximate surface area is 126 Å². The lowest BCUT2D eigenvalue weighted by Gasteiger charge is -2.25. The predicted molar refractivity (Wildman–Crippen MR) is 85.1 cm³/mol. The Morgan fingerprint density at radius 3 is 2.62 bits per heavy atom. The minimum atomic E-state index is -0.0489. The van der Waals surface area contributed by atoms with Crippen LogP contribution in [-0.4, -0.2) is 19.3 Å². The maximum Gasteiger partial charge on any atom is 0.132 e. The van der Waals surface area contributed by atoms with Gasteiger partial charge < -0.3 is 10.3 Å². The van der Waals surface area contributed by atoms with Crippen molar-refractivity contribution in [3.8, 4) is 11.3 Å². The van der Waals surface area contributed by atoms with Crippen molar-refractivity contribution >= 4 is 5.82 Å². The Kier molecular flexibility index (Phi) is 3.30. The molecule has 5 heteroatoms. The van der Waals surface area contributed by atoms with Crippen LogP contribution in [0.2, 0.25) is 0 Å². The van der Waals surface area contributed by atoms with Crippen LogP contribution >= 0.6 is 0 Å². The zero-order valence-electron chi connectivity index (χ0n) is 13.4. The first kappa shape index (κ1) is 14.2. The highest BCUT2D eigenvalue weighted by Crippen LogP contribution is 2.44. The minimum absolute atomic E-state index is 0.0489. The number of rotatable bonds is 4. The molecule has 21 heavy (non-hydrogen) atoms. The summed E-state index contributed by atoms with van der Waals surface area (Å²) in [5.74, 6) is 2.48. The lowest BCUT2D eigenvalue weighted by Crippen LogP contribution is -2.25. The maximum atomic E-state index is 6.43. The zero-order valence-corrected chi connectivity index (χ0v) is 13.4. The molecule has 2 aromatic rings. The van der Waals surface area contributed by atoms with Gasteiger partial charge in [0, 0.05) is 29.8 Å². The van der Waals surface area contributed by atoms with Crippen molar-refractivity contribution in [3.63, 3.8) is 0 Å². The normalized spacial score (nSPS) is 15.6. The molecule has 0 bridgehead atoms. The quantitative estimate of drug-likeness (QED) is 0.937. The third-order valence-electron chi connectivity index (χ3n) is 3.91. The first-order chi connectivity index (χ1) is 9.91. The van der Waals surface area contributed by atoms with Crippen LogP contribution in [0, 0.1) is 0 Å². The van der Waals surface area contributed by atoms with Gasteiger partial charge in [-0.15, -0.1) is 0 Å². The van der Waals surface area contributed by atoms with Crippen LogP contribution in [-0.2, 0) is 12.1 Å². The average molecular weight is 287 g/mol. The largest absolute Gasteiger partial charge is 0.383 e. The van der Waals surface area contributed by atoms with Gasteiger partial charge >= 0.3 is 0 Å². The number of anilines is 1. The Morgan fingerprint density at radius 2 is 2.05 bits per heavy atom. The molecule has 2 aromatic heterocycles. The van der Waals surface area contributed by atoms with E-state index < -0.39 is 0 Å². The Bertz CT molecular complexity index is 640. The van der Waals surface area contributed by atoms with Crippen LogP contribution in [0.3, 0.4) is 0 Å². The van der Waals surface area contributed by atoms with E-state index >= 15 is 0 Å². The summed E-state index contributed by atoms with van der Waals surface area (Å²) in [5, 5.41) is 4.40. The lowest BCUT2D eigenvalue weighted by atomic mass is 10.1. The number of nitrogens with zero attached hydrogens (tertiary/aromatic N) is 4. The lowest BCUT2D eigenvalue weighted by molar-refractivity contribution is 0.388. The van der Waals surface area contributed by atoms with Gasteiger partial charge in [-0.3, -0.25) is 4.68 Å². The highest BCUT2D eigenvalue weighted by atomic mass is 15.3. The van der Waals surface area contributed by atoms with Gasteiger partial charge in [0.1, 0.15) is 17.3 Å².